The van der Waals surface area contributed by atoms with E-state index in [0.29, 0.717) is 6.04 Å². The van der Waals surface area contributed by atoms with Crippen LogP contribution in [0.5, 0.6) is 0 Å². The molecule has 25 heavy (non-hydrogen) atoms. The molecule has 0 atom stereocenters. The van der Waals surface area contributed by atoms with Crippen LogP contribution in [-0.4, -0.2) is 53.3 Å². The summed E-state index contributed by atoms with van der Waals surface area (Å²) in [5.41, 5.74) is 2.36. The number of fused-ring (bicyclic) bond motifs is 1. The fourth-order valence-corrected chi connectivity index (χ4v) is 4.16. The standard InChI is InChI=1S/C20H28N4O/c1-2-15-3-8-19-18(13-15)20(22-14-21-19)23-16-4-6-17(7-5-16)24-9-11-25-12-10-24/h3,8,13-14,16-17H,2,4-7,9-12H2,1H3,(H,21,22,23). The zero-order valence-corrected chi connectivity index (χ0v) is 15.1. The molecule has 0 unspecified atom stereocenters. The second-order valence-electron chi connectivity index (χ2n) is 7.23. The Labute approximate surface area is 149 Å². The largest absolute Gasteiger partial charge is 0.379 e. The van der Waals surface area contributed by atoms with E-state index in [2.05, 4.69) is 45.3 Å². The number of hydrogen-bond donors (Lipinski definition) is 1. The number of aryl methyl sites for hydroxylation is 1. The Morgan fingerprint density at radius 3 is 2.68 bits per heavy atom. The SMILES string of the molecule is CCc1ccc2ncnc(NC3CCC(N4CCOCC4)CC3)c2c1. The lowest BCUT2D eigenvalue weighted by molar-refractivity contribution is 0.00791. The molecule has 5 nitrogen and oxygen atoms in total. The lowest BCUT2D eigenvalue weighted by Crippen LogP contribution is -2.46. The van der Waals surface area contributed by atoms with E-state index in [1.54, 1.807) is 6.33 Å². The normalized spacial score (nSPS) is 25.2. The fraction of sp³-hybridized carbons (Fsp3) is 0.600. The summed E-state index contributed by atoms with van der Waals surface area (Å²) in [6, 6.07) is 7.75. The summed E-state index contributed by atoms with van der Waals surface area (Å²) >= 11 is 0. The minimum Gasteiger partial charge on any atom is -0.379 e. The van der Waals surface area contributed by atoms with Crippen molar-refractivity contribution in [3.63, 3.8) is 0 Å². The first kappa shape index (κ1) is 16.7. The van der Waals surface area contributed by atoms with Gasteiger partial charge in [0, 0.05) is 30.6 Å². The monoisotopic (exact) mass is 340 g/mol. The summed E-state index contributed by atoms with van der Waals surface area (Å²) in [5, 5.41) is 4.85. The Kier molecular flexibility index (Phi) is 5.13. The topological polar surface area (TPSA) is 50.3 Å². The fourth-order valence-electron chi connectivity index (χ4n) is 4.16. The maximum atomic E-state index is 5.48. The second kappa shape index (κ2) is 7.67. The molecule has 1 aromatic heterocycles. The van der Waals surface area contributed by atoms with Crippen molar-refractivity contribution in [2.45, 2.75) is 51.1 Å². The van der Waals surface area contributed by atoms with Gasteiger partial charge >= 0.3 is 0 Å². The minimum atomic E-state index is 0.515. The Bertz CT molecular complexity index is 706. The first-order chi connectivity index (χ1) is 12.3. The number of anilines is 1. The Hall–Kier alpha value is -1.72. The van der Waals surface area contributed by atoms with Gasteiger partial charge < -0.3 is 10.1 Å². The maximum Gasteiger partial charge on any atom is 0.137 e. The third kappa shape index (κ3) is 3.77. The van der Waals surface area contributed by atoms with Crippen molar-refractivity contribution in [1.82, 2.24) is 14.9 Å². The van der Waals surface area contributed by atoms with Crippen molar-refractivity contribution >= 4 is 16.7 Å². The van der Waals surface area contributed by atoms with Crippen LogP contribution < -0.4 is 5.32 Å². The predicted molar refractivity (Wildman–Crippen MR) is 101 cm³/mol. The minimum absolute atomic E-state index is 0.515. The van der Waals surface area contributed by atoms with Crippen molar-refractivity contribution in [3.05, 3.63) is 30.1 Å². The zero-order chi connectivity index (χ0) is 17.1. The number of benzene rings is 1. The van der Waals surface area contributed by atoms with E-state index in [1.165, 1.54) is 31.2 Å². The van der Waals surface area contributed by atoms with Gasteiger partial charge in [0.25, 0.3) is 0 Å². The summed E-state index contributed by atoms with van der Waals surface area (Å²) in [6.45, 7) is 6.17. The van der Waals surface area contributed by atoms with Crippen LogP contribution in [0.25, 0.3) is 10.9 Å². The van der Waals surface area contributed by atoms with Crippen LogP contribution >= 0.6 is 0 Å². The Balaban J connectivity index is 1.42. The number of hydrogen-bond acceptors (Lipinski definition) is 5. The summed E-state index contributed by atoms with van der Waals surface area (Å²) in [4.78, 5) is 11.6. The van der Waals surface area contributed by atoms with Gasteiger partial charge in [-0.05, 0) is 49.8 Å². The highest BCUT2D eigenvalue weighted by Crippen LogP contribution is 2.28. The average Bonchev–Trinajstić information content (AvgIpc) is 2.69. The van der Waals surface area contributed by atoms with Crippen molar-refractivity contribution in [2.75, 3.05) is 31.6 Å². The molecule has 0 bridgehead atoms. The molecule has 134 valence electrons. The molecule has 0 spiro atoms. The van der Waals surface area contributed by atoms with E-state index in [1.807, 2.05) is 0 Å². The first-order valence-electron chi connectivity index (χ1n) is 9.65. The van der Waals surface area contributed by atoms with Gasteiger partial charge in [-0.1, -0.05) is 13.0 Å². The number of rotatable bonds is 4. The number of ether oxygens (including phenoxy) is 1. The summed E-state index contributed by atoms with van der Waals surface area (Å²) in [6.07, 6.45) is 7.66. The molecule has 2 fully saturated rings. The zero-order valence-electron chi connectivity index (χ0n) is 15.1. The van der Waals surface area contributed by atoms with Crippen molar-refractivity contribution in [2.24, 2.45) is 0 Å². The van der Waals surface area contributed by atoms with Crippen LogP contribution in [0.4, 0.5) is 5.82 Å². The van der Waals surface area contributed by atoms with Crippen molar-refractivity contribution < 1.29 is 4.74 Å². The van der Waals surface area contributed by atoms with Gasteiger partial charge in [0.2, 0.25) is 0 Å². The Morgan fingerprint density at radius 2 is 1.92 bits per heavy atom. The van der Waals surface area contributed by atoms with E-state index in [-0.39, 0.29) is 0 Å². The molecule has 2 heterocycles. The van der Waals surface area contributed by atoms with Gasteiger partial charge in [0.15, 0.2) is 0 Å². The molecule has 4 rings (SSSR count). The van der Waals surface area contributed by atoms with E-state index < -0.39 is 0 Å². The lowest BCUT2D eigenvalue weighted by atomic mass is 9.90. The summed E-state index contributed by atoms with van der Waals surface area (Å²) in [5.74, 6) is 0.995. The molecule has 1 N–H and O–H groups in total. The van der Waals surface area contributed by atoms with Crippen LogP contribution in [0.3, 0.4) is 0 Å². The van der Waals surface area contributed by atoms with E-state index in [4.69, 9.17) is 4.74 Å². The molecule has 1 saturated heterocycles. The maximum absolute atomic E-state index is 5.48. The quantitative estimate of drug-likeness (QED) is 0.926. The lowest BCUT2D eigenvalue weighted by Gasteiger charge is -2.39. The third-order valence-electron chi connectivity index (χ3n) is 5.71. The van der Waals surface area contributed by atoms with Gasteiger partial charge in [-0.3, -0.25) is 4.90 Å². The van der Waals surface area contributed by atoms with E-state index >= 15 is 0 Å². The smallest absolute Gasteiger partial charge is 0.137 e. The molecule has 0 radical (unpaired) electrons. The van der Waals surface area contributed by atoms with Crippen LogP contribution in [0.15, 0.2) is 24.5 Å². The summed E-state index contributed by atoms with van der Waals surface area (Å²) < 4.78 is 5.48. The molecule has 1 aromatic carbocycles. The van der Waals surface area contributed by atoms with Crippen LogP contribution in [0.1, 0.15) is 38.2 Å². The predicted octanol–water partition coefficient (Wildman–Crippen LogP) is 3.25. The molecular weight excluding hydrogens is 312 g/mol. The highest BCUT2D eigenvalue weighted by atomic mass is 16.5. The number of aromatic nitrogens is 2. The van der Waals surface area contributed by atoms with Crippen LogP contribution in [0, 0.1) is 0 Å². The van der Waals surface area contributed by atoms with Gasteiger partial charge in [-0.25, -0.2) is 9.97 Å². The molecule has 0 amide bonds. The van der Waals surface area contributed by atoms with E-state index in [9.17, 15) is 0 Å². The summed E-state index contributed by atoms with van der Waals surface area (Å²) in [7, 11) is 0. The van der Waals surface area contributed by atoms with Crippen LogP contribution in [-0.2, 0) is 11.2 Å². The van der Waals surface area contributed by atoms with Crippen LogP contribution in [0.2, 0.25) is 0 Å². The highest BCUT2D eigenvalue weighted by Gasteiger charge is 2.27. The number of morpholine rings is 1. The number of nitrogens with one attached hydrogen (secondary N) is 1. The first-order valence-corrected chi connectivity index (χ1v) is 9.65. The molecule has 5 heteroatoms. The van der Waals surface area contributed by atoms with Crippen molar-refractivity contribution in [3.8, 4) is 0 Å². The highest BCUT2D eigenvalue weighted by molar-refractivity contribution is 5.89. The Morgan fingerprint density at radius 1 is 1.12 bits per heavy atom. The van der Waals surface area contributed by atoms with E-state index in [0.717, 1.165) is 55.5 Å². The van der Waals surface area contributed by atoms with Gasteiger partial charge in [-0.2, -0.15) is 0 Å². The molecule has 1 aliphatic heterocycles. The van der Waals surface area contributed by atoms with Gasteiger partial charge in [0.05, 0.1) is 18.7 Å². The average molecular weight is 340 g/mol. The molecule has 1 aliphatic carbocycles. The second-order valence-corrected chi connectivity index (χ2v) is 7.23. The molecule has 2 aliphatic rings. The molecule has 1 saturated carbocycles. The molecular formula is C20H28N4O. The molecule has 2 aromatic rings. The van der Waals surface area contributed by atoms with Gasteiger partial charge in [-0.15, -0.1) is 0 Å². The van der Waals surface area contributed by atoms with Crippen molar-refractivity contribution in [1.29, 1.82) is 0 Å². The third-order valence-corrected chi connectivity index (χ3v) is 5.71. The van der Waals surface area contributed by atoms with Gasteiger partial charge in [0.1, 0.15) is 12.1 Å². The number of nitrogens with zero attached hydrogens (tertiary/aromatic N) is 3.